The van der Waals surface area contributed by atoms with Gasteiger partial charge in [-0.25, -0.2) is 0 Å². The van der Waals surface area contributed by atoms with Crippen molar-refractivity contribution in [1.82, 2.24) is 5.32 Å². The zero-order chi connectivity index (χ0) is 48.7. The van der Waals surface area contributed by atoms with E-state index < -0.39 is 26.6 Å². The number of amides is 1. The topological polar surface area (TPSA) is 114 Å². The summed E-state index contributed by atoms with van der Waals surface area (Å²) in [4.78, 5) is 39.7. The van der Waals surface area contributed by atoms with Crippen LogP contribution >= 0.6 is 7.82 Å². The van der Waals surface area contributed by atoms with Crippen molar-refractivity contribution < 1.29 is 37.3 Å². The van der Waals surface area contributed by atoms with E-state index in [9.17, 15) is 19.0 Å². The summed E-state index contributed by atoms with van der Waals surface area (Å²) in [7, 11) is 1.14. The van der Waals surface area contributed by atoms with Crippen molar-refractivity contribution in [3.05, 3.63) is 72.9 Å². The molecule has 0 rings (SSSR count). The summed E-state index contributed by atoms with van der Waals surface area (Å²) in [6.07, 6.45) is 57.3. The van der Waals surface area contributed by atoms with E-state index >= 15 is 0 Å². The molecule has 0 aromatic rings. The summed E-state index contributed by atoms with van der Waals surface area (Å²) in [5.41, 5.74) is 0. The molecule has 10 heteroatoms. The fourth-order valence-corrected chi connectivity index (χ4v) is 7.98. The second-order valence-corrected chi connectivity index (χ2v) is 20.4. The van der Waals surface area contributed by atoms with Crippen LogP contribution in [0.3, 0.4) is 0 Å². The molecule has 0 saturated heterocycles. The van der Waals surface area contributed by atoms with Crippen LogP contribution in [0.15, 0.2) is 72.9 Å². The lowest BCUT2D eigenvalue weighted by molar-refractivity contribution is -0.870. The first-order valence-corrected chi connectivity index (χ1v) is 28.2. The first kappa shape index (κ1) is 63.5. The summed E-state index contributed by atoms with van der Waals surface area (Å²) in [5.74, 6) is -0.612. The number of nitrogens with one attached hydrogen (secondary N) is 1. The van der Waals surface area contributed by atoms with Gasteiger partial charge in [0.15, 0.2) is 0 Å². The lowest BCUT2D eigenvalue weighted by Gasteiger charge is -2.30. The third kappa shape index (κ3) is 46.6. The predicted molar refractivity (Wildman–Crippen MR) is 279 cm³/mol. The van der Waals surface area contributed by atoms with Gasteiger partial charge in [0.2, 0.25) is 5.91 Å². The fourth-order valence-electron chi connectivity index (χ4n) is 7.26. The van der Waals surface area contributed by atoms with Gasteiger partial charge >= 0.3 is 5.97 Å². The van der Waals surface area contributed by atoms with E-state index in [1.54, 1.807) is 0 Å². The molecule has 66 heavy (non-hydrogen) atoms. The molecule has 0 bridgehead atoms. The zero-order valence-corrected chi connectivity index (χ0v) is 44.3. The lowest BCUT2D eigenvalue weighted by Crippen LogP contribution is -2.47. The second kappa shape index (κ2) is 46.2. The molecular formula is C56H101N2O7P. The number of rotatable bonds is 47. The summed E-state index contributed by atoms with van der Waals surface area (Å²) in [5, 5.41) is 2.98. The summed E-state index contributed by atoms with van der Waals surface area (Å²) in [6, 6.07) is -0.916. The number of ether oxygens (including phenoxy) is 1. The van der Waals surface area contributed by atoms with Crippen LogP contribution < -0.4 is 10.2 Å². The molecule has 3 unspecified atom stereocenters. The second-order valence-electron chi connectivity index (χ2n) is 19.0. The number of carbonyl (C=O) groups excluding carboxylic acids is 2. The molecule has 0 saturated carbocycles. The highest BCUT2D eigenvalue weighted by Crippen LogP contribution is 2.38. The first-order chi connectivity index (χ1) is 31.9. The maximum Gasteiger partial charge on any atom is 0.306 e. The standard InChI is InChI=1S/C56H101N2O7P/c1-7-10-13-16-19-22-25-27-28-29-30-31-34-36-39-42-45-48-55(59)57-53(52-64-66(61,62)63-51-50-58(4,5)6)54(47-44-41-38-35-33-26-23-20-17-14-11-8-2)65-56(60)49-46-43-40-37-32-24-21-18-15-12-9-3/h10,13,19,22,27-28,30-31,36,39,44,47,53-54H,7-9,11-12,14-18,20-21,23-26,29,32-35,37-38,40-43,45-46,48-52H2,1-6H3,(H-,57,59,61,62)/b13-10-,22-19-,28-27-,31-30-,39-36-,47-44-. The van der Waals surface area contributed by atoms with Gasteiger partial charge in [0.1, 0.15) is 19.3 Å². The van der Waals surface area contributed by atoms with E-state index in [1.807, 2.05) is 33.3 Å². The van der Waals surface area contributed by atoms with Gasteiger partial charge in [0.25, 0.3) is 7.82 Å². The molecule has 0 aliphatic carbocycles. The Labute approximate surface area is 406 Å². The van der Waals surface area contributed by atoms with Crippen molar-refractivity contribution in [3.8, 4) is 0 Å². The van der Waals surface area contributed by atoms with Crippen molar-refractivity contribution in [2.75, 3.05) is 40.9 Å². The van der Waals surface area contributed by atoms with Crippen molar-refractivity contribution in [1.29, 1.82) is 0 Å². The van der Waals surface area contributed by atoms with E-state index in [2.05, 4.69) is 86.8 Å². The Morgan fingerprint density at radius 3 is 1.47 bits per heavy atom. The highest BCUT2D eigenvalue weighted by molar-refractivity contribution is 7.45. The van der Waals surface area contributed by atoms with Crippen LogP contribution in [0.1, 0.15) is 220 Å². The quantitative estimate of drug-likeness (QED) is 0.0212. The Balaban J connectivity index is 5.49. The van der Waals surface area contributed by atoms with Crippen molar-refractivity contribution in [2.24, 2.45) is 0 Å². The summed E-state index contributed by atoms with van der Waals surface area (Å²) < 4.78 is 30.1. The van der Waals surface area contributed by atoms with E-state index in [4.69, 9.17) is 13.8 Å². The number of phosphoric ester groups is 1. The highest BCUT2D eigenvalue weighted by atomic mass is 31.2. The molecule has 1 amide bonds. The van der Waals surface area contributed by atoms with Gasteiger partial charge in [-0.05, 0) is 70.3 Å². The van der Waals surface area contributed by atoms with Gasteiger partial charge < -0.3 is 28.5 Å². The average Bonchev–Trinajstić information content (AvgIpc) is 3.27. The SMILES string of the molecule is CC/C=C\C/C=C\C/C=C\C/C=C\C/C=C\CCCC(=O)NC(COP(=O)([O-])OCC[N+](C)(C)C)C(/C=C\CCCCCCCCCCCC)OC(=O)CCCCCCCCCCCCC. The van der Waals surface area contributed by atoms with Crippen LogP contribution in [0.25, 0.3) is 0 Å². The van der Waals surface area contributed by atoms with E-state index in [0.29, 0.717) is 17.4 Å². The lowest BCUT2D eigenvalue weighted by atomic mass is 10.0. The van der Waals surface area contributed by atoms with Crippen LogP contribution in [-0.4, -0.2) is 69.4 Å². The van der Waals surface area contributed by atoms with Crippen LogP contribution in [0.2, 0.25) is 0 Å². The highest BCUT2D eigenvalue weighted by Gasteiger charge is 2.27. The number of esters is 1. The third-order valence-corrected chi connectivity index (χ3v) is 12.4. The van der Waals surface area contributed by atoms with Crippen LogP contribution in [0.4, 0.5) is 0 Å². The van der Waals surface area contributed by atoms with E-state index in [0.717, 1.165) is 77.0 Å². The normalized spacial score (nSPS) is 14.5. The Bertz CT molecular complexity index is 1370. The van der Waals surface area contributed by atoms with Gasteiger partial charge in [0.05, 0.1) is 33.8 Å². The molecule has 9 nitrogen and oxygen atoms in total. The molecule has 0 aliphatic rings. The number of hydrogen-bond donors (Lipinski definition) is 1. The van der Waals surface area contributed by atoms with Crippen LogP contribution in [-0.2, 0) is 27.9 Å². The minimum absolute atomic E-state index is 0.0345. The minimum atomic E-state index is -4.70. The largest absolute Gasteiger partial charge is 0.756 e. The summed E-state index contributed by atoms with van der Waals surface area (Å²) >= 11 is 0. The van der Waals surface area contributed by atoms with E-state index in [1.165, 1.54) is 103 Å². The number of unbranched alkanes of at least 4 members (excludes halogenated alkanes) is 21. The number of quaternary nitrogens is 1. The van der Waals surface area contributed by atoms with Gasteiger partial charge in [0, 0.05) is 12.8 Å². The average molecular weight is 945 g/mol. The molecule has 1 N–H and O–H groups in total. The monoisotopic (exact) mass is 945 g/mol. The molecule has 382 valence electrons. The van der Waals surface area contributed by atoms with Crippen molar-refractivity contribution in [2.45, 2.75) is 232 Å². The molecule has 0 spiro atoms. The maximum atomic E-state index is 13.4. The molecular weight excluding hydrogens is 844 g/mol. The number of carbonyl (C=O) groups is 2. The Morgan fingerprint density at radius 2 is 0.985 bits per heavy atom. The van der Waals surface area contributed by atoms with E-state index in [-0.39, 0.29) is 31.3 Å². The number of likely N-dealkylation sites (N-methyl/N-ethyl adjacent to an activating group) is 1. The van der Waals surface area contributed by atoms with Crippen LogP contribution in [0, 0.1) is 0 Å². The maximum absolute atomic E-state index is 13.4. The first-order valence-electron chi connectivity index (χ1n) is 26.7. The minimum Gasteiger partial charge on any atom is -0.756 e. The Hall–Kier alpha value is -2.55. The van der Waals surface area contributed by atoms with Crippen LogP contribution in [0.5, 0.6) is 0 Å². The smallest absolute Gasteiger partial charge is 0.306 e. The number of hydrogen-bond acceptors (Lipinski definition) is 7. The molecule has 3 atom stereocenters. The van der Waals surface area contributed by atoms with Gasteiger partial charge in [-0.1, -0.05) is 210 Å². The predicted octanol–water partition coefficient (Wildman–Crippen LogP) is 15.1. The Kier molecular flexibility index (Phi) is 44.4. The third-order valence-electron chi connectivity index (χ3n) is 11.4. The van der Waals surface area contributed by atoms with Gasteiger partial charge in [-0.3, -0.25) is 14.2 Å². The fraction of sp³-hybridized carbons (Fsp3) is 0.750. The number of nitrogens with zero attached hydrogens (tertiary/aromatic N) is 1. The zero-order valence-electron chi connectivity index (χ0n) is 43.4. The molecule has 0 aliphatic heterocycles. The number of phosphoric acid groups is 1. The molecule has 0 aromatic heterocycles. The molecule has 0 fully saturated rings. The van der Waals surface area contributed by atoms with Gasteiger partial charge in [-0.15, -0.1) is 0 Å². The Morgan fingerprint density at radius 1 is 0.545 bits per heavy atom. The van der Waals surface area contributed by atoms with Crippen molar-refractivity contribution in [3.63, 3.8) is 0 Å². The summed E-state index contributed by atoms with van der Waals surface area (Å²) in [6.45, 7) is 6.65. The molecule has 0 aromatic carbocycles. The molecule has 0 radical (unpaired) electrons. The molecule has 0 heterocycles. The van der Waals surface area contributed by atoms with Gasteiger partial charge in [-0.2, -0.15) is 0 Å². The van der Waals surface area contributed by atoms with Crippen molar-refractivity contribution >= 4 is 19.7 Å². The number of allylic oxidation sites excluding steroid dienone is 11.